The third kappa shape index (κ3) is 4.67. The van der Waals surface area contributed by atoms with Crippen molar-refractivity contribution in [1.82, 2.24) is 5.32 Å². The monoisotopic (exact) mass is 255 g/mol. The topological polar surface area (TPSA) is 66.4 Å². The molecule has 4 nitrogen and oxygen atoms in total. The van der Waals surface area contributed by atoms with Crippen LogP contribution >= 0.6 is 0 Å². The molecule has 104 valence electrons. The van der Waals surface area contributed by atoms with E-state index in [2.05, 4.69) is 12.2 Å². The quantitative estimate of drug-likeness (QED) is 0.766. The molecule has 1 saturated carbocycles. The maximum absolute atomic E-state index is 11.9. The molecule has 0 unspecified atom stereocenters. The molecule has 1 rings (SSSR count). The molecule has 0 spiro atoms. The summed E-state index contributed by atoms with van der Waals surface area (Å²) in [5, 5.41) is 11.3. The first kappa shape index (κ1) is 15.0. The van der Waals surface area contributed by atoms with E-state index in [-0.39, 0.29) is 11.8 Å². The lowest BCUT2D eigenvalue weighted by atomic mass is 9.79. The van der Waals surface area contributed by atoms with Gasteiger partial charge in [-0.1, -0.05) is 26.2 Å². The highest BCUT2D eigenvalue weighted by molar-refractivity contribution is 5.84. The number of amides is 1. The van der Waals surface area contributed by atoms with Crippen LogP contribution in [0, 0.1) is 11.8 Å². The van der Waals surface area contributed by atoms with Crippen molar-refractivity contribution < 1.29 is 14.7 Å². The molecule has 0 heterocycles. The Hall–Kier alpha value is -1.06. The zero-order valence-electron chi connectivity index (χ0n) is 11.4. The van der Waals surface area contributed by atoms with Crippen molar-refractivity contribution in [2.75, 3.05) is 0 Å². The number of hydrogen-bond donors (Lipinski definition) is 2. The number of aliphatic carboxylic acids is 1. The molecular formula is C14H25NO3. The van der Waals surface area contributed by atoms with Gasteiger partial charge in [0, 0.05) is 5.92 Å². The highest BCUT2D eigenvalue weighted by Gasteiger charge is 2.27. The molecule has 1 atom stereocenters. The minimum Gasteiger partial charge on any atom is -0.480 e. The predicted molar refractivity (Wildman–Crippen MR) is 70.2 cm³/mol. The van der Waals surface area contributed by atoms with Crippen LogP contribution in [0.4, 0.5) is 0 Å². The first-order valence-corrected chi connectivity index (χ1v) is 7.07. The molecule has 1 aliphatic rings. The van der Waals surface area contributed by atoms with E-state index in [1.165, 1.54) is 26.2 Å². The molecule has 0 bridgehead atoms. The molecule has 0 radical (unpaired) electrons. The van der Waals surface area contributed by atoms with Gasteiger partial charge in [0.2, 0.25) is 5.91 Å². The van der Waals surface area contributed by atoms with Crippen LogP contribution in [-0.2, 0) is 9.59 Å². The number of rotatable bonds is 6. The van der Waals surface area contributed by atoms with Crippen molar-refractivity contribution in [3.05, 3.63) is 0 Å². The number of carbonyl (C=O) groups excluding carboxylic acids is 1. The van der Waals surface area contributed by atoms with Crippen LogP contribution in [0.5, 0.6) is 0 Å². The van der Waals surface area contributed by atoms with Gasteiger partial charge in [0.1, 0.15) is 6.04 Å². The van der Waals surface area contributed by atoms with Crippen LogP contribution in [0.25, 0.3) is 0 Å². The summed E-state index contributed by atoms with van der Waals surface area (Å²) >= 11 is 0. The third-order valence-corrected chi connectivity index (χ3v) is 3.91. The molecule has 0 saturated heterocycles. The van der Waals surface area contributed by atoms with E-state index in [9.17, 15) is 9.59 Å². The lowest BCUT2D eigenvalue weighted by Crippen LogP contribution is -2.42. The second-order valence-corrected chi connectivity index (χ2v) is 5.43. The molecule has 0 aromatic rings. The summed E-state index contributed by atoms with van der Waals surface area (Å²) in [6, 6.07) is -0.782. The Morgan fingerprint density at radius 1 is 1.28 bits per heavy atom. The molecule has 4 heteroatoms. The van der Waals surface area contributed by atoms with Crippen LogP contribution in [0.3, 0.4) is 0 Å². The van der Waals surface area contributed by atoms with Gasteiger partial charge in [-0.3, -0.25) is 9.59 Å². The number of unbranched alkanes of at least 4 members (excludes halogenated alkanes) is 1. The lowest BCUT2D eigenvalue weighted by molar-refractivity contribution is -0.142. The van der Waals surface area contributed by atoms with Gasteiger partial charge in [0.05, 0.1) is 0 Å². The van der Waals surface area contributed by atoms with Crippen LogP contribution in [0.15, 0.2) is 0 Å². The van der Waals surface area contributed by atoms with E-state index in [4.69, 9.17) is 5.11 Å². The smallest absolute Gasteiger partial charge is 0.325 e. The second-order valence-electron chi connectivity index (χ2n) is 5.43. The van der Waals surface area contributed by atoms with Crippen LogP contribution in [-0.4, -0.2) is 23.0 Å². The van der Waals surface area contributed by atoms with Crippen molar-refractivity contribution >= 4 is 11.9 Å². The van der Waals surface area contributed by atoms with Gasteiger partial charge in [0.15, 0.2) is 0 Å². The zero-order chi connectivity index (χ0) is 13.5. The van der Waals surface area contributed by atoms with Crippen LogP contribution in [0.1, 0.15) is 58.8 Å². The molecule has 1 fully saturated rings. The summed E-state index contributed by atoms with van der Waals surface area (Å²) in [5.41, 5.74) is 0. The fraction of sp³-hybridized carbons (Fsp3) is 0.857. The van der Waals surface area contributed by atoms with Crippen molar-refractivity contribution in [2.45, 2.75) is 64.8 Å². The summed E-state index contributed by atoms with van der Waals surface area (Å²) < 4.78 is 0. The number of carboxylic acid groups (broad SMARTS) is 1. The predicted octanol–water partition coefficient (Wildman–Crippen LogP) is 2.57. The zero-order valence-corrected chi connectivity index (χ0v) is 11.4. The highest BCUT2D eigenvalue weighted by atomic mass is 16.4. The SMILES string of the molecule is CCCCC1CCC(C(=O)N[C@@H](C)C(=O)O)CC1. The molecule has 1 amide bonds. The van der Waals surface area contributed by atoms with E-state index in [0.29, 0.717) is 0 Å². The Labute approximate surface area is 109 Å². The van der Waals surface area contributed by atoms with Gasteiger partial charge < -0.3 is 10.4 Å². The van der Waals surface area contributed by atoms with Crippen LogP contribution in [0.2, 0.25) is 0 Å². The standard InChI is InChI=1S/C14H25NO3/c1-3-4-5-11-6-8-12(9-7-11)13(16)15-10(2)14(17)18/h10-12H,3-9H2,1-2H3,(H,15,16)(H,17,18)/t10-,11?,12?/m0/s1. The maximum atomic E-state index is 11.9. The van der Waals surface area contributed by atoms with Crippen molar-refractivity contribution in [3.8, 4) is 0 Å². The van der Waals surface area contributed by atoms with Gasteiger partial charge >= 0.3 is 5.97 Å². The Balaban J connectivity index is 2.29. The third-order valence-electron chi connectivity index (χ3n) is 3.91. The Kier molecular flexibility index (Phi) is 6.16. The number of carbonyl (C=O) groups is 2. The largest absolute Gasteiger partial charge is 0.480 e. The summed E-state index contributed by atoms with van der Waals surface area (Å²) in [5.74, 6) is -0.269. The summed E-state index contributed by atoms with van der Waals surface area (Å²) in [6.45, 7) is 3.71. The van der Waals surface area contributed by atoms with Gasteiger partial charge in [-0.15, -0.1) is 0 Å². The van der Waals surface area contributed by atoms with E-state index < -0.39 is 12.0 Å². The molecule has 2 N–H and O–H groups in total. The number of hydrogen-bond acceptors (Lipinski definition) is 2. The molecular weight excluding hydrogens is 230 g/mol. The Bertz CT molecular complexity index is 283. The van der Waals surface area contributed by atoms with Gasteiger partial charge in [0.25, 0.3) is 0 Å². The van der Waals surface area contributed by atoms with Crippen molar-refractivity contribution in [1.29, 1.82) is 0 Å². The Morgan fingerprint density at radius 2 is 1.89 bits per heavy atom. The molecule has 0 aliphatic heterocycles. The molecule has 0 aromatic heterocycles. The molecule has 18 heavy (non-hydrogen) atoms. The summed E-state index contributed by atoms with van der Waals surface area (Å²) in [7, 11) is 0. The van der Waals surface area contributed by atoms with E-state index in [1.807, 2.05) is 0 Å². The van der Waals surface area contributed by atoms with Gasteiger partial charge in [-0.05, 0) is 38.5 Å². The fourth-order valence-corrected chi connectivity index (χ4v) is 2.60. The highest BCUT2D eigenvalue weighted by Crippen LogP contribution is 2.31. The Morgan fingerprint density at radius 3 is 2.39 bits per heavy atom. The second kappa shape index (κ2) is 7.39. The first-order chi connectivity index (χ1) is 8.54. The van der Waals surface area contributed by atoms with E-state index in [0.717, 1.165) is 31.6 Å². The van der Waals surface area contributed by atoms with E-state index in [1.54, 1.807) is 0 Å². The van der Waals surface area contributed by atoms with Gasteiger partial charge in [-0.25, -0.2) is 0 Å². The van der Waals surface area contributed by atoms with Crippen LogP contribution < -0.4 is 5.32 Å². The number of carboxylic acids is 1. The fourth-order valence-electron chi connectivity index (χ4n) is 2.60. The lowest BCUT2D eigenvalue weighted by Gasteiger charge is -2.28. The summed E-state index contributed by atoms with van der Waals surface area (Å²) in [4.78, 5) is 22.5. The van der Waals surface area contributed by atoms with Crippen molar-refractivity contribution in [3.63, 3.8) is 0 Å². The average molecular weight is 255 g/mol. The average Bonchev–Trinajstić information content (AvgIpc) is 2.36. The van der Waals surface area contributed by atoms with Gasteiger partial charge in [-0.2, -0.15) is 0 Å². The van der Waals surface area contributed by atoms with Crippen molar-refractivity contribution in [2.24, 2.45) is 11.8 Å². The normalized spacial score (nSPS) is 25.4. The van der Waals surface area contributed by atoms with E-state index >= 15 is 0 Å². The number of nitrogens with one attached hydrogen (secondary N) is 1. The molecule has 1 aliphatic carbocycles. The first-order valence-electron chi connectivity index (χ1n) is 7.07. The summed E-state index contributed by atoms with van der Waals surface area (Å²) in [6.07, 6.45) is 7.82. The molecule has 0 aromatic carbocycles. The minimum absolute atomic E-state index is 0.0182. The minimum atomic E-state index is -0.972. The maximum Gasteiger partial charge on any atom is 0.325 e.